The highest BCUT2D eigenvalue weighted by Crippen LogP contribution is 2.18. The van der Waals surface area contributed by atoms with Crippen molar-refractivity contribution in [3.63, 3.8) is 0 Å². The Balaban J connectivity index is 1.56. The summed E-state index contributed by atoms with van der Waals surface area (Å²) >= 11 is 0. The van der Waals surface area contributed by atoms with E-state index < -0.39 is 0 Å². The smallest absolute Gasteiger partial charge is 0.260 e. The van der Waals surface area contributed by atoms with Crippen molar-refractivity contribution < 1.29 is 4.79 Å². The van der Waals surface area contributed by atoms with Gasteiger partial charge in [0.05, 0.1) is 11.0 Å². The minimum absolute atomic E-state index is 0.0306. The van der Waals surface area contributed by atoms with Gasteiger partial charge in [-0.1, -0.05) is 60.7 Å². The van der Waals surface area contributed by atoms with Crippen molar-refractivity contribution in [2.24, 2.45) is 5.10 Å². The van der Waals surface area contributed by atoms with Crippen molar-refractivity contribution >= 4 is 40.0 Å². The van der Waals surface area contributed by atoms with Gasteiger partial charge >= 0.3 is 0 Å². The first-order valence-corrected chi connectivity index (χ1v) is 9.28. The van der Waals surface area contributed by atoms with Crippen molar-refractivity contribution in [2.75, 3.05) is 0 Å². The number of hydrogen-bond acceptors (Lipinski definition) is 3. The van der Waals surface area contributed by atoms with E-state index in [0.717, 1.165) is 16.6 Å². The summed E-state index contributed by atoms with van der Waals surface area (Å²) in [6, 6.07) is 24.5. The van der Waals surface area contributed by atoms with Gasteiger partial charge < -0.3 is 4.57 Å². The lowest BCUT2D eigenvalue weighted by atomic mass is 10.1. The molecular weight excluding hydrogens is 362 g/mol. The van der Waals surface area contributed by atoms with Gasteiger partial charge in [-0.25, -0.2) is 5.43 Å². The van der Waals surface area contributed by atoms with E-state index in [1.165, 1.54) is 6.21 Å². The number of rotatable bonds is 5. The number of pyridine rings is 1. The molecule has 4 rings (SSSR count). The topological polar surface area (TPSA) is 63.5 Å². The van der Waals surface area contributed by atoms with E-state index in [1.807, 2.05) is 77.4 Å². The van der Waals surface area contributed by atoms with Crippen LogP contribution in [0, 0.1) is 0 Å². The maximum absolute atomic E-state index is 12.7. The Bertz CT molecular complexity index is 1230. The number of fused-ring (bicyclic) bond motifs is 2. The normalized spacial score (nSPS) is 11.6. The molecule has 1 N–H and O–H groups in total. The average molecular weight is 381 g/mol. The van der Waals surface area contributed by atoms with Crippen molar-refractivity contribution in [3.05, 3.63) is 101 Å². The molecule has 0 spiro atoms. The van der Waals surface area contributed by atoms with Gasteiger partial charge in [0, 0.05) is 17.0 Å². The van der Waals surface area contributed by atoms with E-state index in [9.17, 15) is 9.59 Å². The summed E-state index contributed by atoms with van der Waals surface area (Å²) < 4.78 is 1.84. The minimum atomic E-state index is -0.270. The molecule has 142 valence electrons. The van der Waals surface area contributed by atoms with Gasteiger partial charge in [0.25, 0.3) is 5.91 Å². The zero-order valence-electron chi connectivity index (χ0n) is 15.7. The highest BCUT2D eigenvalue weighted by atomic mass is 16.2. The molecule has 0 aliphatic rings. The molecule has 0 bridgehead atoms. The van der Waals surface area contributed by atoms with Gasteiger partial charge in [0.15, 0.2) is 5.43 Å². The number of allylic oxidation sites excluding steroid dienone is 1. The molecule has 0 atom stereocenters. The maximum atomic E-state index is 12.7. The third-order valence-corrected chi connectivity index (χ3v) is 4.62. The summed E-state index contributed by atoms with van der Waals surface area (Å²) in [6.07, 6.45) is 5.20. The van der Waals surface area contributed by atoms with Crippen LogP contribution in [0.1, 0.15) is 5.56 Å². The van der Waals surface area contributed by atoms with E-state index in [1.54, 1.807) is 18.2 Å². The number of aromatic nitrogens is 1. The number of carbonyl (C=O) groups excluding carboxylic acids is 1. The van der Waals surface area contributed by atoms with Crippen LogP contribution in [-0.4, -0.2) is 16.7 Å². The number of hydrazone groups is 1. The molecular formula is C24H19N3O2. The predicted molar refractivity (Wildman–Crippen MR) is 118 cm³/mol. The van der Waals surface area contributed by atoms with Crippen molar-refractivity contribution in [3.8, 4) is 0 Å². The number of hydrogen-bond donors (Lipinski definition) is 1. The first-order chi connectivity index (χ1) is 14.2. The van der Waals surface area contributed by atoms with Crippen molar-refractivity contribution in [1.29, 1.82) is 0 Å². The first kappa shape index (κ1) is 18.4. The molecule has 0 aliphatic heterocycles. The number of para-hydroxylation sites is 2. The lowest BCUT2D eigenvalue weighted by Gasteiger charge is -2.14. The number of benzene rings is 3. The van der Waals surface area contributed by atoms with Gasteiger partial charge in [-0.2, -0.15) is 5.10 Å². The van der Waals surface area contributed by atoms with Gasteiger partial charge in [0.1, 0.15) is 6.54 Å². The summed E-state index contributed by atoms with van der Waals surface area (Å²) in [7, 11) is 0. The first-order valence-electron chi connectivity index (χ1n) is 9.28. The predicted octanol–water partition coefficient (Wildman–Crippen LogP) is 3.97. The van der Waals surface area contributed by atoms with E-state index >= 15 is 0 Å². The average Bonchev–Trinajstić information content (AvgIpc) is 2.77. The van der Waals surface area contributed by atoms with Crippen molar-refractivity contribution in [1.82, 2.24) is 9.99 Å². The number of carbonyl (C=O) groups is 1. The molecule has 0 saturated carbocycles. The van der Waals surface area contributed by atoms with Gasteiger partial charge in [-0.3, -0.25) is 9.59 Å². The molecule has 0 saturated heterocycles. The van der Waals surface area contributed by atoms with E-state index in [2.05, 4.69) is 10.5 Å². The third kappa shape index (κ3) is 3.99. The second-order valence-electron chi connectivity index (χ2n) is 6.53. The van der Waals surface area contributed by atoms with Crippen LogP contribution < -0.4 is 10.9 Å². The molecule has 29 heavy (non-hydrogen) atoms. The number of nitrogens with one attached hydrogen (secondary N) is 1. The Kier molecular flexibility index (Phi) is 5.29. The Morgan fingerprint density at radius 2 is 1.45 bits per heavy atom. The van der Waals surface area contributed by atoms with E-state index in [-0.39, 0.29) is 17.9 Å². The highest BCUT2D eigenvalue weighted by Gasteiger charge is 2.12. The zero-order chi connectivity index (χ0) is 20.1. The maximum Gasteiger partial charge on any atom is 0.260 e. The molecule has 5 nitrogen and oxygen atoms in total. The van der Waals surface area contributed by atoms with E-state index in [0.29, 0.717) is 10.8 Å². The fraction of sp³-hybridized carbons (Fsp3) is 0.0417. The Morgan fingerprint density at radius 1 is 0.862 bits per heavy atom. The fourth-order valence-corrected chi connectivity index (χ4v) is 3.30. The molecule has 1 aromatic heterocycles. The van der Waals surface area contributed by atoms with E-state index in [4.69, 9.17) is 0 Å². The summed E-state index contributed by atoms with van der Waals surface area (Å²) in [5.74, 6) is -0.270. The molecule has 3 aromatic carbocycles. The molecule has 4 aromatic rings. The number of amides is 1. The van der Waals surface area contributed by atoms with Crippen LogP contribution in [0.15, 0.2) is 94.8 Å². The Hall–Kier alpha value is -3.99. The SMILES string of the molecule is O=C(Cn1c2ccccc2c(=O)c2ccccc21)NN=C/C=C/c1ccccc1. The van der Waals surface area contributed by atoms with Gasteiger partial charge in [0.2, 0.25) is 0 Å². The third-order valence-electron chi connectivity index (χ3n) is 4.62. The Morgan fingerprint density at radius 3 is 2.10 bits per heavy atom. The standard InChI is InChI=1S/C24H19N3O2/c28-23(26-25-16-8-11-18-9-2-1-3-10-18)17-27-21-14-6-4-12-19(21)24(29)20-13-5-7-15-22(20)27/h1-16H,17H2,(H,26,28)/b11-8+,25-16?. The molecule has 0 fully saturated rings. The second kappa shape index (κ2) is 8.35. The molecule has 0 unspecified atom stereocenters. The highest BCUT2D eigenvalue weighted by molar-refractivity contribution is 5.95. The largest absolute Gasteiger partial charge is 0.331 e. The molecule has 1 amide bonds. The van der Waals surface area contributed by atoms with Crippen LogP contribution in [0.25, 0.3) is 27.9 Å². The quantitative estimate of drug-likeness (QED) is 0.323. The monoisotopic (exact) mass is 381 g/mol. The van der Waals surface area contributed by atoms with Crippen LogP contribution >= 0.6 is 0 Å². The zero-order valence-corrected chi connectivity index (χ0v) is 15.7. The molecule has 0 radical (unpaired) electrons. The minimum Gasteiger partial charge on any atom is -0.331 e. The summed E-state index contributed by atoms with van der Waals surface area (Å²) in [6.45, 7) is 0.0566. The van der Waals surface area contributed by atoms with Gasteiger partial charge in [-0.05, 0) is 35.9 Å². The van der Waals surface area contributed by atoms with Crippen molar-refractivity contribution in [2.45, 2.75) is 6.54 Å². The lowest BCUT2D eigenvalue weighted by Crippen LogP contribution is -2.24. The molecule has 0 aliphatic carbocycles. The Labute approximate surface area is 167 Å². The molecule has 1 heterocycles. The van der Waals surface area contributed by atoms with Crippen LogP contribution in [0.3, 0.4) is 0 Å². The summed E-state index contributed by atoms with van der Waals surface area (Å²) in [5.41, 5.74) is 5.01. The fourth-order valence-electron chi connectivity index (χ4n) is 3.30. The molecule has 5 heteroatoms. The second-order valence-corrected chi connectivity index (χ2v) is 6.53. The van der Waals surface area contributed by atoms with Gasteiger partial charge in [-0.15, -0.1) is 0 Å². The summed E-state index contributed by atoms with van der Waals surface area (Å²) in [5, 5.41) is 5.16. The van der Waals surface area contributed by atoms with Crippen LogP contribution in [-0.2, 0) is 11.3 Å². The lowest BCUT2D eigenvalue weighted by molar-refractivity contribution is -0.121. The van der Waals surface area contributed by atoms with Crippen LogP contribution in [0.5, 0.6) is 0 Å². The van der Waals surface area contributed by atoms with Crippen LogP contribution in [0.2, 0.25) is 0 Å². The van der Waals surface area contributed by atoms with Crippen LogP contribution in [0.4, 0.5) is 0 Å². The number of nitrogens with zero attached hydrogens (tertiary/aromatic N) is 2. The summed E-state index contributed by atoms with van der Waals surface area (Å²) in [4.78, 5) is 25.2.